The lowest BCUT2D eigenvalue weighted by atomic mass is 10.1. The first-order valence-corrected chi connectivity index (χ1v) is 8.52. The van der Waals surface area contributed by atoms with Gasteiger partial charge in [-0.15, -0.1) is 0 Å². The van der Waals surface area contributed by atoms with Gasteiger partial charge in [-0.1, -0.05) is 6.92 Å². The van der Waals surface area contributed by atoms with E-state index in [1.165, 1.54) is 6.21 Å². The van der Waals surface area contributed by atoms with Crippen LogP contribution in [-0.2, 0) is 9.59 Å². The molecule has 0 aromatic heterocycles. The highest BCUT2D eigenvalue weighted by molar-refractivity contribution is 5.99. The second-order valence-corrected chi connectivity index (χ2v) is 5.73. The van der Waals surface area contributed by atoms with E-state index in [1.807, 2.05) is 6.92 Å². The molecule has 4 N–H and O–H groups in total. The van der Waals surface area contributed by atoms with Crippen molar-refractivity contribution in [2.24, 2.45) is 5.10 Å². The molecule has 1 fully saturated rings. The van der Waals surface area contributed by atoms with Crippen LogP contribution in [0.15, 0.2) is 23.3 Å². The molecule has 0 spiro atoms. The zero-order chi connectivity index (χ0) is 19.6. The van der Waals surface area contributed by atoms with Gasteiger partial charge in [-0.05, 0) is 36.6 Å². The third kappa shape index (κ3) is 6.26. The van der Waals surface area contributed by atoms with Crippen LogP contribution in [0.5, 0.6) is 11.5 Å². The Morgan fingerprint density at radius 3 is 2.85 bits per heavy atom. The molecule has 1 heterocycles. The minimum Gasteiger partial charge on any atom is -0.493 e. The van der Waals surface area contributed by atoms with E-state index in [0.29, 0.717) is 18.1 Å². The highest BCUT2D eigenvalue weighted by atomic mass is 16.5. The molecule has 1 atom stereocenters. The number of hydrogen-bond acceptors (Lipinski definition) is 7. The zero-order valence-electron chi connectivity index (χ0n) is 15.2. The summed E-state index contributed by atoms with van der Waals surface area (Å²) in [5, 5.41) is 6.00. The van der Waals surface area contributed by atoms with Crippen LogP contribution in [0.2, 0.25) is 0 Å². The summed E-state index contributed by atoms with van der Waals surface area (Å²) in [4.78, 5) is 34.3. The van der Waals surface area contributed by atoms with Crippen LogP contribution in [-0.4, -0.2) is 43.8 Å². The van der Waals surface area contributed by atoms with E-state index < -0.39 is 18.0 Å². The van der Waals surface area contributed by atoms with Crippen LogP contribution in [0, 0.1) is 0 Å². The SMILES string of the molecule is CCCOc1ccc(/C=N\NC(=O)CCC2NNC(=O)NC2=O)cc1OC. The van der Waals surface area contributed by atoms with Crippen molar-refractivity contribution in [3.63, 3.8) is 0 Å². The summed E-state index contributed by atoms with van der Waals surface area (Å²) in [6.07, 6.45) is 2.65. The average molecular weight is 377 g/mol. The fraction of sp³-hybridized carbons (Fsp3) is 0.412. The number of ether oxygens (including phenoxy) is 2. The lowest BCUT2D eigenvalue weighted by Gasteiger charge is -2.22. The van der Waals surface area contributed by atoms with Gasteiger partial charge < -0.3 is 9.47 Å². The molecule has 1 aliphatic heterocycles. The van der Waals surface area contributed by atoms with E-state index in [-0.39, 0.29) is 18.7 Å². The molecule has 1 aliphatic rings. The average Bonchev–Trinajstić information content (AvgIpc) is 2.66. The molecule has 1 aromatic carbocycles. The Labute approximate surface area is 156 Å². The highest BCUT2D eigenvalue weighted by Gasteiger charge is 2.25. The van der Waals surface area contributed by atoms with Gasteiger partial charge in [-0.2, -0.15) is 5.10 Å². The van der Waals surface area contributed by atoms with Crippen LogP contribution in [0.3, 0.4) is 0 Å². The maximum absolute atomic E-state index is 11.8. The lowest BCUT2D eigenvalue weighted by Crippen LogP contribution is -2.62. The fourth-order valence-corrected chi connectivity index (χ4v) is 2.26. The third-order valence-electron chi connectivity index (χ3n) is 3.63. The number of imide groups is 1. The van der Waals surface area contributed by atoms with Gasteiger partial charge in [0.25, 0.3) is 0 Å². The molecule has 10 heteroatoms. The van der Waals surface area contributed by atoms with Gasteiger partial charge in [0.05, 0.1) is 19.9 Å². The minimum absolute atomic E-state index is 0.0609. The number of nitrogens with zero attached hydrogens (tertiary/aromatic N) is 1. The van der Waals surface area contributed by atoms with Crippen LogP contribution in [0.1, 0.15) is 31.7 Å². The molecule has 4 amide bonds. The molecular weight excluding hydrogens is 354 g/mol. The smallest absolute Gasteiger partial charge is 0.335 e. The van der Waals surface area contributed by atoms with Crippen molar-refractivity contribution >= 4 is 24.1 Å². The molecule has 27 heavy (non-hydrogen) atoms. The molecule has 1 unspecified atom stereocenters. The fourth-order valence-electron chi connectivity index (χ4n) is 2.26. The van der Waals surface area contributed by atoms with Crippen LogP contribution < -0.4 is 31.1 Å². The first kappa shape index (κ1) is 20.2. The Hall–Kier alpha value is -3.14. The van der Waals surface area contributed by atoms with E-state index in [9.17, 15) is 14.4 Å². The molecule has 2 rings (SSSR count). The number of nitrogens with one attached hydrogen (secondary N) is 4. The van der Waals surface area contributed by atoms with Crippen molar-refractivity contribution < 1.29 is 23.9 Å². The summed E-state index contributed by atoms with van der Waals surface area (Å²) in [7, 11) is 1.55. The second-order valence-electron chi connectivity index (χ2n) is 5.73. The number of hydrazone groups is 1. The van der Waals surface area contributed by atoms with Crippen molar-refractivity contribution in [1.82, 2.24) is 21.6 Å². The quantitative estimate of drug-likeness (QED) is 0.365. The van der Waals surface area contributed by atoms with Gasteiger partial charge in [-0.3, -0.25) is 20.3 Å². The van der Waals surface area contributed by atoms with Crippen molar-refractivity contribution in [3.8, 4) is 11.5 Å². The Morgan fingerprint density at radius 2 is 2.15 bits per heavy atom. The molecular formula is C17H23N5O5. The van der Waals surface area contributed by atoms with E-state index in [2.05, 4.69) is 26.7 Å². The molecule has 0 bridgehead atoms. The Balaban J connectivity index is 1.81. The zero-order valence-corrected chi connectivity index (χ0v) is 15.2. The van der Waals surface area contributed by atoms with E-state index in [4.69, 9.17) is 9.47 Å². The molecule has 0 radical (unpaired) electrons. The maximum atomic E-state index is 11.8. The molecule has 0 aliphatic carbocycles. The molecule has 10 nitrogen and oxygen atoms in total. The number of amides is 4. The largest absolute Gasteiger partial charge is 0.493 e. The number of methoxy groups -OCH3 is 1. The number of rotatable bonds is 9. The number of hydrogen-bond donors (Lipinski definition) is 4. The van der Waals surface area contributed by atoms with Crippen LogP contribution in [0.25, 0.3) is 0 Å². The predicted octanol–water partition coefficient (Wildman–Crippen LogP) is 0.427. The topological polar surface area (TPSA) is 130 Å². The summed E-state index contributed by atoms with van der Waals surface area (Å²) in [6.45, 7) is 2.61. The first-order valence-electron chi connectivity index (χ1n) is 8.52. The summed E-state index contributed by atoms with van der Waals surface area (Å²) in [6, 6.07) is 4.03. The monoisotopic (exact) mass is 377 g/mol. The molecule has 146 valence electrons. The van der Waals surface area contributed by atoms with Gasteiger partial charge in [-0.25, -0.2) is 15.6 Å². The summed E-state index contributed by atoms with van der Waals surface area (Å²) >= 11 is 0. The minimum atomic E-state index is -0.669. The van der Waals surface area contributed by atoms with Crippen molar-refractivity contribution in [3.05, 3.63) is 23.8 Å². The van der Waals surface area contributed by atoms with Gasteiger partial charge in [0.15, 0.2) is 11.5 Å². The van der Waals surface area contributed by atoms with E-state index in [0.717, 1.165) is 12.0 Å². The Kier molecular flexibility index (Phi) is 7.56. The number of urea groups is 1. The Morgan fingerprint density at radius 1 is 1.33 bits per heavy atom. The van der Waals surface area contributed by atoms with Crippen LogP contribution >= 0.6 is 0 Å². The van der Waals surface area contributed by atoms with Crippen LogP contribution in [0.4, 0.5) is 4.79 Å². The maximum Gasteiger partial charge on any atom is 0.335 e. The normalized spacial score (nSPS) is 16.6. The molecule has 0 saturated carbocycles. The second kappa shape index (κ2) is 10.1. The molecule has 1 aromatic rings. The Bertz CT molecular complexity index is 722. The highest BCUT2D eigenvalue weighted by Crippen LogP contribution is 2.27. The van der Waals surface area contributed by atoms with Crippen molar-refractivity contribution in [2.75, 3.05) is 13.7 Å². The number of hydrazine groups is 1. The summed E-state index contributed by atoms with van der Waals surface area (Å²) in [5.74, 6) is 0.390. The number of carbonyl (C=O) groups is 3. The first-order chi connectivity index (χ1) is 13.0. The van der Waals surface area contributed by atoms with Gasteiger partial charge >= 0.3 is 6.03 Å². The van der Waals surface area contributed by atoms with Gasteiger partial charge in [0.2, 0.25) is 11.8 Å². The van der Waals surface area contributed by atoms with Gasteiger partial charge in [0, 0.05) is 6.42 Å². The standard InChI is InChI=1S/C17H23N5O5/c1-3-8-27-13-6-4-11(9-14(13)26-2)10-18-21-15(23)7-5-12-16(24)19-17(25)22-20-12/h4,6,9-10,12,20H,3,5,7-8H2,1-2H3,(H,21,23)(H2,19,22,24,25)/b18-10-. The molecule has 1 saturated heterocycles. The van der Waals surface area contributed by atoms with Crippen molar-refractivity contribution in [1.29, 1.82) is 0 Å². The number of benzene rings is 1. The van der Waals surface area contributed by atoms with E-state index in [1.54, 1.807) is 25.3 Å². The lowest BCUT2D eigenvalue weighted by molar-refractivity contribution is -0.124. The summed E-state index contributed by atoms with van der Waals surface area (Å²) in [5.41, 5.74) is 7.93. The van der Waals surface area contributed by atoms with Crippen molar-refractivity contribution in [2.45, 2.75) is 32.2 Å². The third-order valence-corrected chi connectivity index (χ3v) is 3.63. The predicted molar refractivity (Wildman–Crippen MR) is 97.3 cm³/mol. The number of carbonyl (C=O) groups excluding carboxylic acids is 3. The van der Waals surface area contributed by atoms with E-state index >= 15 is 0 Å². The summed E-state index contributed by atoms with van der Waals surface area (Å²) < 4.78 is 10.9. The van der Waals surface area contributed by atoms with Gasteiger partial charge in [0.1, 0.15) is 6.04 Å².